The van der Waals surface area contributed by atoms with Crippen LogP contribution < -0.4 is 16.0 Å². The first-order valence-electron chi connectivity index (χ1n) is 7.00. The van der Waals surface area contributed by atoms with Crippen molar-refractivity contribution < 1.29 is 9.90 Å². The third kappa shape index (κ3) is 2.73. The standard InChI is InChI=1S/C13H22N4O2S/c1-3-17(4-2)12-15-10(14)9(20-12)11(19)16-13(8-18)6-5-7-13/h18H,3-8,14H2,1-2H3,(H,16,19). The molecular weight excluding hydrogens is 276 g/mol. The Morgan fingerprint density at radius 2 is 2.15 bits per heavy atom. The maximum atomic E-state index is 12.3. The highest BCUT2D eigenvalue weighted by Crippen LogP contribution is 2.33. The van der Waals surface area contributed by atoms with E-state index >= 15 is 0 Å². The van der Waals surface area contributed by atoms with E-state index in [2.05, 4.69) is 15.2 Å². The number of amides is 1. The third-order valence-electron chi connectivity index (χ3n) is 3.87. The van der Waals surface area contributed by atoms with E-state index in [0.29, 0.717) is 4.88 Å². The molecule has 0 atom stereocenters. The van der Waals surface area contributed by atoms with Gasteiger partial charge in [0.15, 0.2) is 5.13 Å². The summed E-state index contributed by atoms with van der Waals surface area (Å²) in [6.07, 6.45) is 2.66. The topological polar surface area (TPSA) is 91.5 Å². The van der Waals surface area contributed by atoms with Crippen LogP contribution in [0.3, 0.4) is 0 Å². The van der Waals surface area contributed by atoms with Gasteiger partial charge in [0.1, 0.15) is 10.7 Å². The van der Waals surface area contributed by atoms with Crippen molar-refractivity contribution in [3.8, 4) is 0 Å². The molecule has 1 aromatic rings. The predicted molar refractivity (Wildman–Crippen MR) is 81.2 cm³/mol. The van der Waals surface area contributed by atoms with Gasteiger partial charge < -0.3 is 21.1 Å². The lowest BCUT2D eigenvalue weighted by Crippen LogP contribution is -2.56. The van der Waals surface area contributed by atoms with Crippen LogP contribution in [0.1, 0.15) is 42.8 Å². The lowest BCUT2D eigenvalue weighted by Gasteiger charge is -2.40. The number of nitrogen functional groups attached to an aromatic ring is 1. The molecule has 0 aliphatic heterocycles. The lowest BCUT2D eigenvalue weighted by atomic mass is 9.77. The van der Waals surface area contributed by atoms with E-state index in [9.17, 15) is 9.90 Å². The highest BCUT2D eigenvalue weighted by molar-refractivity contribution is 7.18. The number of hydrogen-bond acceptors (Lipinski definition) is 6. The van der Waals surface area contributed by atoms with Crippen LogP contribution in [0.4, 0.5) is 10.9 Å². The molecule has 2 rings (SSSR count). The number of hydrogen-bond donors (Lipinski definition) is 3. The SMILES string of the molecule is CCN(CC)c1nc(N)c(C(=O)NC2(CO)CCC2)s1. The predicted octanol–water partition coefficient (Wildman–Crippen LogP) is 1.22. The van der Waals surface area contributed by atoms with Crippen molar-refractivity contribution in [1.29, 1.82) is 0 Å². The number of nitrogens with one attached hydrogen (secondary N) is 1. The zero-order valence-electron chi connectivity index (χ0n) is 12.0. The fourth-order valence-corrected chi connectivity index (χ4v) is 3.34. The van der Waals surface area contributed by atoms with Crippen LogP contribution in [0.5, 0.6) is 0 Å². The average Bonchev–Trinajstić information content (AvgIpc) is 2.77. The number of aliphatic hydroxyl groups is 1. The molecule has 1 amide bonds. The Bertz CT molecular complexity index is 475. The molecule has 4 N–H and O–H groups in total. The number of anilines is 2. The molecular formula is C13H22N4O2S. The second-order valence-corrected chi connectivity index (χ2v) is 6.11. The zero-order chi connectivity index (χ0) is 14.8. The Kier molecular flexibility index (Phi) is 4.49. The van der Waals surface area contributed by atoms with Gasteiger partial charge in [-0.25, -0.2) is 4.98 Å². The van der Waals surface area contributed by atoms with Crippen LogP contribution in [0.25, 0.3) is 0 Å². The molecule has 20 heavy (non-hydrogen) atoms. The van der Waals surface area contributed by atoms with Crippen LogP contribution in [-0.4, -0.2) is 41.2 Å². The van der Waals surface area contributed by atoms with Crippen molar-refractivity contribution in [2.24, 2.45) is 0 Å². The molecule has 0 bridgehead atoms. The van der Waals surface area contributed by atoms with Crippen LogP contribution in [0.15, 0.2) is 0 Å². The molecule has 0 spiro atoms. The largest absolute Gasteiger partial charge is 0.394 e. The Labute approximate surface area is 123 Å². The summed E-state index contributed by atoms with van der Waals surface area (Å²) < 4.78 is 0. The minimum Gasteiger partial charge on any atom is -0.394 e. The molecule has 0 saturated heterocycles. The zero-order valence-corrected chi connectivity index (χ0v) is 12.8. The minimum atomic E-state index is -0.455. The number of nitrogens with two attached hydrogens (primary N) is 1. The molecule has 1 aromatic heterocycles. The van der Waals surface area contributed by atoms with Gasteiger partial charge in [-0.3, -0.25) is 4.79 Å². The number of aromatic nitrogens is 1. The Balaban J connectivity index is 2.14. The van der Waals surface area contributed by atoms with Crippen LogP contribution >= 0.6 is 11.3 Å². The van der Waals surface area contributed by atoms with Gasteiger partial charge in [-0.2, -0.15) is 0 Å². The fraction of sp³-hybridized carbons (Fsp3) is 0.692. The minimum absolute atomic E-state index is 0.0274. The molecule has 112 valence electrons. The second-order valence-electron chi connectivity index (χ2n) is 5.13. The van der Waals surface area contributed by atoms with Crippen molar-refractivity contribution in [3.05, 3.63) is 4.88 Å². The first-order chi connectivity index (χ1) is 9.55. The first-order valence-corrected chi connectivity index (χ1v) is 7.81. The number of thiazole rings is 1. The van der Waals surface area contributed by atoms with Gasteiger partial charge in [0, 0.05) is 13.1 Å². The molecule has 0 radical (unpaired) electrons. The third-order valence-corrected chi connectivity index (χ3v) is 5.01. The number of carbonyl (C=O) groups excluding carboxylic acids is 1. The van der Waals surface area contributed by atoms with Gasteiger partial charge in [-0.15, -0.1) is 0 Å². The van der Waals surface area contributed by atoms with E-state index in [-0.39, 0.29) is 18.3 Å². The number of aliphatic hydroxyl groups excluding tert-OH is 1. The van der Waals surface area contributed by atoms with Crippen molar-refractivity contribution >= 4 is 28.2 Å². The van der Waals surface area contributed by atoms with Crippen LogP contribution in [-0.2, 0) is 0 Å². The van der Waals surface area contributed by atoms with Crippen molar-refractivity contribution in [1.82, 2.24) is 10.3 Å². The summed E-state index contributed by atoms with van der Waals surface area (Å²) in [5, 5.41) is 13.1. The second kappa shape index (κ2) is 5.97. The molecule has 1 saturated carbocycles. The Morgan fingerprint density at radius 3 is 2.60 bits per heavy atom. The van der Waals surface area contributed by atoms with E-state index in [1.165, 1.54) is 11.3 Å². The van der Waals surface area contributed by atoms with E-state index < -0.39 is 5.54 Å². The van der Waals surface area contributed by atoms with E-state index in [1.807, 2.05) is 13.8 Å². The van der Waals surface area contributed by atoms with Crippen LogP contribution in [0, 0.1) is 0 Å². The van der Waals surface area contributed by atoms with Crippen molar-refractivity contribution in [2.45, 2.75) is 38.6 Å². The quantitative estimate of drug-likeness (QED) is 0.734. The smallest absolute Gasteiger partial charge is 0.265 e. The molecule has 1 heterocycles. The summed E-state index contributed by atoms with van der Waals surface area (Å²) >= 11 is 1.31. The average molecular weight is 298 g/mol. The normalized spacial score (nSPS) is 16.6. The summed E-state index contributed by atoms with van der Waals surface area (Å²) in [5.74, 6) is 0.0361. The molecule has 1 fully saturated rings. The summed E-state index contributed by atoms with van der Waals surface area (Å²) in [6, 6.07) is 0. The highest BCUT2D eigenvalue weighted by atomic mass is 32.1. The van der Waals surface area contributed by atoms with Gasteiger partial charge in [-0.1, -0.05) is 11.3 Å². The van der Waals surface area contributed by atoms with E-state index in [4.69, 9.17) is 5.73 Å². The highest BCUT2D eigenvalue weighted by Gasteiger charge is 2.38. The summed E-state index contributed by atoms with van der Waals surface area (Å²) in [6.45, 7) is 5.70. The maximum Gasteiger partial charge on any atom is 0.265 e. The number of nitrogens with zero attached hydrogens (tertiary/aromatic N) is 2. The monoisotopic (exact) mass is 298 g/mol. The molecule has 0 unspecified atom stereocenters. The first kappa shape index (κ1) is 15.1. The molecule has 0 aromatic carbocycles. The maximum absolute atomic E-state index is 12.3. The summed E-state index contributed by atoms with van der Waals surface area (Å²) in [4.78, 5) is 19.1. The van der Waals surface area contributed by atoms with E-state index in [0.717, 1.165) is 37.5 Å². The summed E-state index contributed by atoms with van der Waals surface area (Å²) in [7, 11) is 0. The number of rotatable bonds is 6. The fourth-order valence-electron chi connectivity index (χ4n) is 2.34. The van der Waals surface area contributed by atoms with Gasteiger partial charge in [0.25, 0.3) is 5.91 Å². The molecule has 1 aliphatic carbocycles. The molecule has 6 nitrogen and oxygen atoms in total. The summed E-state index contributed by atoms with van der Waals surface area (Å²) in [5.41, 5.74) is 5.40. The lowest BCUT2D eigenvalue weighted by molar-refractivity contribution is 0.0645. The molecule has 1 aliphatic rings. The van der Waals surface area contributed by atoms with Crippen molar-refractivity contribution in [2.75, 3.05) is 30.3 Å². The van der Waals surface area contributed by atoms with Gasteiger partial charge in [-0.05, 0) is 33.1 Å². The number of carbonyl (C=O) groups is 1. The van der Waals surface area contributed by atoms with Gasteiger partial charge in [0.05, 0.1) is 12.1 Å². The van der Waals surface area contributed by atoms with Crippen molar-refractivity contribution in [3.63, 3.8) is 0 Å². The Hall–Kier alpha value is -1.34. The van der Waals surface area contributed by atoms with E-state index in [1.54, 1.807) is 0 Å². The van der Waals surface area contributed by atoms with Gasteiger partial charge >= 0.3 is 0 Å². The molecule has 7 heteroatoms. The van der Waals surface area contributed by atoms with Gasteiger partial charge in [0.2, 0.25) is 0 Å². The van der Waals surface area contributed by atoms with Crippen LogP contribution in [0.2, 0.25) is 0 Å². The Morgan fingerprint density at radius 1 is 1.50 bits per heavy atom.